The van der Waals surface area contributed by atoms with Crippen molar-refractivity contribution in [3.8, 4) is 5.69 Å². The second kappa shape index (κ2) is 11.0. The molecule has 0 unspecified atom stereocenters. The maximum absolute atomic E-state index is 13.3. The zero-order valence-corrected chi connectivity index (χ0v) is 21.3. The number of ketones is 1. The van der Waals surface area contributed by atoms with Crippen LogP contribution in [0.4, 0.5) is 11.6 Å². The van der Waals surface area contributed by atoms with Gasteiger partial charge >= 0.3 is 0 Å². The second-order valence-corrected chi connectivity index (χ2v) is 8.99. The number of para-hydroxylation sites is 1. The predicted molar refractivity (Wildman–Crippen MR) is 149 cm³/mol. The van der Waals surface area contributed by atoms with Crippen LogP contribution in [0.2, 0.25) is 0 Å². The molecule has 0 fully saturated rings. The molecule has 0 atom stereocenters. The fourth-order valence-corrected chi connectivity index (χ4v) is 4.32. The van der Waals surface area contributed by atoms with E-state index in [0.717, 1.165) is 5.69 Å². The fraction of sp³-hybridized carbons (Fsp3) is 0.138. The van der Waals surface area contributed by atoms with Crippen LogP contribution in [0.15, 0.2) is 85.1 Å². The number of carbonyl (C=O) groups excluding carboxylic acids is 3. The first-order valence-electron chi connectivity index (χ1n) is 12.4. The van der Waals surface area contributed by atoms with E-state index in [4.69, 9.17) is 5.73 Å². The van der Waals surface area contributed by atoms with Crippen molar-refractivity contribution in [1.29, 1.82) is 0 Å². The number of imidazole rings is 1. The van der Waals surface area contributed by atoms with E-state index in [1.54, 1.807) is 27.4 Å². The maximum atomic E-state index is 13.3. The van der Waals surface area contributed by atoms with Crippen molar-refractivity contribution in [1.82, 2.24) is 19.3 Å². The number of rotatable bonds is 10. The van der Waals surface area contributed by atoms with Gasteiger partial charge in [0.25, 0.3) is 5.91 Å². The molecule has 0 spiro atoms. The van der Waals surface area contributed by atoms with Gasteiger partial charge in [-0.25, -0.2) is 9.67 Å². The number of benzene rings is 3. The summed E-state index contributed by atoms with van der Waals surface area (Å²) in [7, 11) is 0. The Balaban J connectivity index is 1.39. The molecule has 5 rings (SSSR count). The van der Waals surface area contributed by atoms with Crippen molar-refractivity contribution in [3.63, 3.8) is 0 Å². The van der Waals surface area contributed by atoms with E-state index in [1.807, 2.05) is 67.6 Å². The molecular formula is C29H27N7O3. The molecule has 2 amide bonds. The van der Waals surface area contributed by atoms with E-state index in [-0.39, 0.29) is 37.1 Å². The number of anilines is 2. The highest BCUT2D eigenvalue weighted by molar-refractivity contribution is 6.05. The lowest BCUT2D eigenvalue weighted by atomic mass is 10.1. The van der Waals surface area contributed by atoms with Crippen LogP contribution < -0.4 is 16.4 Å². The second-order valence-electron chi connectivity index (χ2n) is 8.99. The summed E-state index contributed by atoms with van der Waals surface area (Å²) in [4.78, 5) is 41.9. The minimum Gasteiger partial charge on any atom is -0.378 e. The number of nitrogens with two attached hydrogens (primary N) is 1. The van der Waals surface area contributed by atoms with Crippen LogP contribution in [0.3, 0.4) is 0 Å². The molecule has 0 aliphatic carbocycles. The zero-order valence-electron chi connectivity index (χ0n) is 21.3. The number of hydrogen-bond donors (Lipinski definition) is 3. The van der Waals surface area contributed by atoms with Gasteiger partial charge in [0, 0.05) is 24.2 Å². The number of Topliss-reactive ketones (excluding diaryl/α,β-unsaturated/α-hetero) is 1. The van der Waals surface area contributed by atoms with Gasteiger partial charge in [-0.3, -0.25) is 19.7 Å². The molecule has 0 aliphatic heterocycles. The van der Waals surface area contributed by atoms with Crippen molar-refractivity contribution in [2.24, 2.45) is 5.73 Å². The average molecular weight is 522 g/mol. The van der Waals surface area contributed by atoms with Gasteiger partial charge in [0.2, 0.25) is 11.9 Å². The third-order valence-corrected chi connectivity index (χ3v) is 6.36. The van der Waals surface area contributed by atoms with Crippen LogP contribution in [0.1, 0.15) is 32.8 Å². The highest BCUT2D eigenvalue weighted by atomic mass is 16.2. The number of primary amides is 1. The third kappa shape index (κ3) is 5.54. The largest absolute Gasteiger partial charge is 0.378 e. The lowest BCUT2D eigenvalue weighted by Crippen LogP contribution is -2.19. The van der Waals surface area contributed by atoms with E-state index >= 15 is 0 Å². The summed E-state index contributed by atoms with van der Waals surface area (Å²) >= 11 is 0. The number of nitrogens with zero attached hydrogens (tertiary/aromatic N) is 4. The number of aromatic nitrogens is 4. The Morgan fingerprint density at radius 3 is 2.38 bits per heavy atom. The van der Waals surface area contributed by atoms with Gasteiger partial charge in [-0.1, -0.05) is 48.5 Å². The number of carbonyl (C=O) groups is 3. The minimum absolute atomic E-state index is 0.0398. The van der Waals surface area contributed by atoms with Gasteiger partial charge in [-0.15, -0.1) is 0 Å². The Hall–Kier alpha value is -5.25. The molecule has 2 heterocycles. The van der Waals surface area contributed by atoms with Gasteiger partial charge in [0.05, 0.1) is 40.7 Å². The SMILES string of the molecule is Cc1c(C(=O)Nc2nc3cc(NCC(=O)c4ccccc4)ccc3n2CCC(N)=O)cnn1-c1ccccc1. The average Bonchev–Trinajstić information content (AvgIpc) is 3.50. The number of nitrogens with one attached hydrogen (secondary N) is 2. The first-order chi connectivity index (χ1) is 18.9. The van der Waals surface area contributed by atoms with Crippen molar-refractivity contribution < 1.29 is 14.4 Å². The number of aryl methyl sites for hydroxylation is 1. The van der Waals surface area contributed by atoms with E-state index < -0.39 is 5.91 Å². The summed E-state index contributed by atoms with van der Waals surface area (Å²) in [6.07, 6.45) is 1.59. The molecule has 4 N–H and O–H groups in total. The number of fused-ring (bicyclic) bond motifs is 1. The van der Waals surface area contributed by atoms with Gasteiger partial charge < -0.3 is 15.6 Å². The van der Waals surface area contributed by atoms with E-state index in [2.05, 4.69) is 20.7 Å². The van der Waals surface area contributed by atoms with Crippen molar-refractivity contribution >= 4 is 40.3 Å². The lowest BCUT2D eigenvalue weighted by Gasteiger charge is -2.10. The molecule has 0 saturated carbocycles. The minimum atomic E-state index is -0.466. The molecule has 10 nitrogen and oxygen atoms in total. The summed E-state index contributed by atoms with van der Waals surface area (Å²) in [6.45, 7) is 2.18. The Morgan fingerprint density at radius 1 is 0.949 bits per heavy atom. The predicted octanol–water partition coefficient (Wildman–Crippen LogP) is 3.95. The van der Waals surface area contributed by atoms with E-state index in [1.165, 1.54) is 6.20 Å². The van der Waals surface area contributed by atoms with Crippen LogP contribution >= 0.6 is 0 Å². The summed E-state index contributed by atoms with van der Waals surface area (Å²) < 4.78 is 3.44. The van der Waals surface area contributed by atoms with Crippen LogP contribution in [-0.4, -0.2) is 43.5 Å². The standard InChI is InChI=1S/C29H27N7O3/c1-19-23(17-32-36(19)22-10-6-3-7-11-22)28(39)34-29-33-24-16-21(12-13-25(24)35(29)15-14-27(30)38)31-18-26(37)20-8-4-2-5-9-20/h2-13,16-17,31H,14-15,18H2,1H3,(H2,30,38)(H,33,34,39). The Bertz CT molecular complexity index is 1660. The highest BCUT2D eigenvalue weighted by Gasteiger charge is 2.19. The summed E-state index contributed by atoms with van der Waals surface area (Å²) in [5.74, 6) is -0.605. The van der Waals surface area contributed by atoms with Gasteiger partial charge in [0.15, 0.2) is 5.78 Å². The summed E-state index contributed by atoms with van der Waals surface area (Å²) in [5, 5.41) is 10.4. The zero-order chi connectivity index (χ0) is 27.4. The van der Waals surface area contributed by atoms with Crippen molar-refractivity contribution in [2.75, 3.05) is 17.2 Å². The maximum Gasteiger partial charge on any atom is 0.261 e. The lowest BCUT2D eigenvalue weighted by molar-refractivity contribution is -0.118. The Morgan fingerprint density at radius 2 is 1.67 bits per heavy atom. The molecule has 0 aliphatic rings. The molecule has 39 heavy (non-hydrogen) atoms. The first kappa shape index (κ1) is 25.4. The molecule has 10 heteroatoms. The molecule has 196 valence electrons. The molecule has 0 saturated heterocycles. The first-order valence-corrected chi connectivity index (χ1v) is 12.4. The Labute approximate surface area is 224 Å². The molecule has 5 aromatic rings. The normalized spacial score (nSPS) is 10.9. The molecule has 0 bridgehead atoms. The number of amides is 2. The van der Waals surface area contributed by atoms with E-state index in [9.17, 15) is 14.4 Å². The van der Waals surface area contributed by atoms with Crippen LogP contribution in [0, 0.1) is 6.92 Å². The quantitative estimate of drug-likeness (QED) is 0.238. The van der Waals surface area contributed by atoms with Gasteiger partial charge in [-0.2, -0.15) is 5.10 Å². The van der Waals surface area contributed by atoms with Crippen LogP contribution in [0.5, 0.6) is 0 Å². The monoisotopic (exact) mass is 521 g/mol. The highest BCUT2D eigenvalue weighted by Crippen LogP contribution is 2.25. The van der Waals surface area contributed by atoms with Crippen molar-refractivity contribution in [2.45, 2.75) is 19.9 Å². The third-order valence-electron chi connectivity index (χ3n) is 6.36. The van der Waals surface area contributed by atoms with Crippen molar-refractivity contribution in [3.05, 3.63) is 102 Å². The fourth-order valence-electron chi connectivity index (χ4n) is 4.32. The molecule has 0 radical (unpaired) electrons. The molecular weight excluding hydrogens is 494 g/mol. The van der Waals surface area contributed by atoms with Crippen LogP contribution in [-0.2, 0) is 11.3 Å². The Kier molecular flexibility index (Phi) is 7.17. The molecule has 3 aromatic carbocycles. The summed E-state index contributed by atoms with van der Waals surface area (Å²) in [6, 6.07) is 24.0. The summed E-state index contributed by atoms with van der Waals surface area (Å²) in [5.41, 5.74) is 9.93. The topological polar surface area (TPSA) is 137 Å². The van der Waals surface area contributed by atoms with Gasteiger partial charge in [0.1, 0.15) is 0 Å². The van der Waals surface area contributed by atoms with Crippen LogP contribution in [0.25, 0.3) is 16.7 Å². The molecule has 2 aromatic heterocycles. The van der Waals surface area contributed by atoms with Gasteiger partial charge in [-0.05, 0) is 37.3 Å². The number of hydrogen-bond acceptors (Lipinski definition) is 6. The smallest absolute Gasteiger partial charge is 0.261 e. The van der Waals surface area contributed by atoms with E-state index in [0.29, 0.717) is 33.5 Å².